The van der Waals surface area contributed by atoms with Crippen LogP contribution in [-0.4, -0.2) is 29.2 Å². The van der Waals surface area contributed by atoms with Gasteiger partial charge in [0.05, 0.1) is 6.61 Å². The molecule has 0 bridgehead atoms. The normalized spacial score (nSPS) is 17.8. The van der Waals surface area contributed by atoms with Crippen molar-refractivity contribution in [2.75, 3.05) is 6.61 Å². The van der Waals surface area contributed by atoms with Gasteiger partial charge < -0.3 is 9.84 Å². The predicted molar refractivity (Wildman–Crippen MR) is 52.1 cm³/mol. The number of alkyl halides is 1. The van der Waals surface area contributed by atoms with Gasteiger partial charge in [0, 0.05) is 5.38 Å². The first-order chi connectivity index (χ1) is 5.93. The minimum Gasteiger partial charge on any atom is -0.479 e. The van der Waals surface area contributed by atoms with Crippen LogP contribution in [0.15, 0.2) is 0 Å². The van der Waals surface area contributed by atoms with E-state index in [1.54, 1.807) is 0 Å². The molecule has 0 saturated carbocycles. The average Bonchev–Trinajstić information content (AvgIpc) is 1.98. The smallest absolute Gasteiger partial charge is 0.332 e. The summed E-state index contributed by atoms with van der Waals surface area (Å²) in [6.07, 6.45) is 0.113. The molecule has 0 aromatic carbocycles. The largest absolute Gasteiger partial charge is 0.479 e. The second kappa shape index (κ2) is 6.22. The Morgan fingerprint density at radius 2 is 2.00 bits per heavy atom. The minimum absolute atomic E-state index is 0.110. The molecule has 3 unspecified atom stereocenters. The number of carboxylic acid groups (broad SMARTS) is 1. The highest BCUT2D eigenvalue weighted by molar-refractivity contribution is 6.20. The predicted octanol–water partition coefficient (Wildman–Crippen LogP) is 2.13. The third kappa shape index (κ3) is 6.84. The van der Waals surface area contributed by atoms with Gasteiger partial charge in [0.1, 0.15) is 0 Å². The van der Waals surface area contributed by atoms with Crippen LogP contribution in [0.1, 0.15) is 27.2 Å². The number of hydrogen-bond donors (Lipinski definition) is 1. The monoisotopic (exact) mass is 208 g/mol. The molecular formula is C9H17ClO3. The lowest BCUT2D eigenvalue weighted by Gasteiger charge is -2.15. The molecule has 0 spiro atoms. The van der Waals surface area contributed by atoms with Crippen molar-refractivity contribution in [2.24, 2.45) is 5.92 Å². The summed E-state index contributed by atoms with van der Waals surface area (Å²) < 4.78 is 5.11. The van der Waals surface area contributed by atoms with Gasteiger partial charge in [-0.1, -0.05) is 6.92 Å². The van der Waals surface area contributed by atoms with E-state index >= 15 is 0 Å². The van der Waals surface area contributed by atoms with Gasteiger partial charge in [-0.25, -0.2) is 4.79 Å². The van der Waals surface area contributed by atoms with Gasteiger partial charge in [0.2, 0.25) is 0 Å². The Hall–Kier alpha value is -0.280. The summed E-state index contributed by atoms with van der Waals surface area (Å²) in [4.78, 5) is 10.4. The summed E-state index contributed by atoms with van der Waals surface area (Å²) in [6, 6.07) is 0. The summed E-state index contributed by atoms with van der Waals surface area (Å²) in [6.45, 7) is 5.88. The molecule has 0 aliphatic heterocycles. The maximum Gasteiger partial charge on any atom is 0.332 e. The van der Waals surface area contributed by atoms with Crippen LogP contribution in [0.3, 0.4) is 0 Å². The van der Waals surface area contributed by atoms with Crippen molar-refractivity contribution in [1.29, 1.82) is 0 Å². The fraction of sp³-hybridized carbons (Fsp3) is 0.889. The van der Waals surface area contributed by atoms with Crippen LogP contribution in [0.2, 0.25) is 0 Å². The second-order valence-electron chi connectivity index (χ2n) is 3.44. The Morgan fingerprint density at radius 3 is 2.38 bits per heavy atom. The average molecular weight is 209 g/mol. The third-order valence-corrected chi connectivity index (χ3v) is 1.88. The van der Waals surface area contributed by atoms with Gasteiger partial charge in [-0.15, -0.1) is 11.6 Å². The van der Waals surface area contributed by atoms with E-state index in [1.165, 1.54) is 6.92 Å². The van der Waals surface area contributed by atoms with E-state index < -0.39 is 12.1 Å². The van der Waals surface area contributed by atoms with Crippen molar-refractivity contribution in [2.45, 2.75) is 38.7 Å². The molecule has 3 atom stereocenters. The molecule has 0 radical (unpaired) electrons. The highest BCUT2D eigenvalue weighted by Crippen LogP contribution is 2.11. The molecule has 0 rings (SSSR count). The topological polar surface area (TPSA) is 46.5 Å². The molecule has 0 aromatic heterocycles. The van der Waals surface area contributed by atoms with Crippen LogP contribution in [-0.2, 0) is 9.53 Å². The van der Waals surface area contributed by atoms with Crippen molar-refractivity contribution in [1.82, 2.24) is 0 Å². The lowest BCUT2D eigenvalue weighted by Crippen LogP contribution is -2.23. The lowest BCUT2D eigenvalue weighted by molar-refractivity contribution is -0.149. The molecule has 0 saturated heterocycles. The Balaban J connectivity index is 3.57. The second-order valence-corrected chi connectivity index (χ2v) is 4.18. The van der Waals surface area contributed by atoms with E-state index in [0.717, 1.165) is 6.42 Å². The lowest BCUT2D eigenvalue weighted by atomic mass is 10.1. The van der Waals surface area contributed by atoms with Gasteiger partial charge in [0.25, 0.3) is 0 Å². The van der Waals surface area contributed by atoms with Gasteiger partial charge >= 0.3 is 5.97 Å². The highest BCUT2D eigenvalue weighted by Gasteiger charge is 2.13. The maximum atomic E-state index is 10.4. The zero-order valence-electron chi connectivity index (χ0n) is 8.29. The van der Waals surface area contributed by atoms with E-state index in [-0.39, 0.29) is 5.38 Å². The number of carboxylic acids is 1. The summed E-state index contributed by atoms with van der Waals surface area (Å²) in [5.41, 5.74) is 0. The molecule has 78 valence electrons. The fourth-order valence-corrected chi connectivity index (χ4v) is 1.31. The number of ether oxygens (including phenoxy) is 1. The Bertz CT molecular complexity index is 159. The van der Waals surface area contributed by atoms with E-state index in [0.29, 0.717) is 12.5 Å². The zero-order chi connectivity index (χ0) is 10.4. The molecule has 0 aliphatic carbocycles. The van der Waals surface area contributed by atoms with Crippen molar-refractivity contribution < 1.29 is 14.6 Å². The number of hydrogen-bond acceptors (Lipinski definition) is 2. The molecule has 13 heavy (non-hydrogen) atoms. The molecule has 0 aliphatic rings. The number of halogens is 1. The van der Waals surface area contributed by atoms with Gasteiger partial charge in [-0.3, -0.25) is 0 Å². The quantitative estimate of drug-likeness (QED) is 0.681. The first kappa shape index (κ1) is 12.7. The summed E-state index contributed by atoms with van der Waals surface area (Å²) in [5.74, 6) is -0.625. The number of carbonyl (C=O) groups is 1. The summed E-state index contributed by atoms with van der Waals surface area (Å²) in [5, 5.41) is 8.64. The van der Waals surface area contributed by atoms with Crippen molar-refractivity contribution in [3.05, 3.63) is 0 Å². The van der Waals surface area contributed by atoms with Crippen molar-refractivity contribution in [3.8, 4) is 0 Å². The third-order valence-electron chi connectivity index (χ3n) is 1.71. The van der Waals surface area contributed by atoms with Gasteiger partial charge in [0.15, 0.2) is 6.10 Å². The Morgan fingerprint density at radius 1 is 1.46 bits per heavy atom. The van der Waals surface area contributed by atoms with Crippen LogP contribution < -0.4 is 0 Å². The van der Waals surface area contributed by atoms with E-state index in [9.17, 15) is 4.79 Å². The highest BCUT2D eigenvalue weighted by atomic mass is 35.5. The summed E-state index contributed by atoms with van der Waals surface area (Å²) in [7, 11) is 0. The maximum absolute atomic E-state index is 10.4. The Labute approximate surface area is 84.0 Å². The van der Waals surface area contributed by atoms with Crippen LogP contribution in [0.5, 0.6) is 0 Å². The molecule has 0 amide bonds. The van der Waals surface area contributed by atoms with Crippen LogP contribution in [0.4, 0.5) is 0 Å². The van der Waals surface area contributed by atoms with Crippen LogP contribution in [0.25, 0.3) is 0 Å². The first-order valence-corrected chi connectivity index (χ1v) is 4.85. The standard InChI is InChI=1S/C9H17ClO3/c1-6(4-7(2)10)5-13-8(3)9(11)12/h6-8H,4-5H2,1-3H3,(H,11,12). The van der Waals surface area contributed by atoms with E-state index in [4.69, 9.17) is 21.4 Å². The zero-order valence-corrected chi connectivity index (χ0v) is 9.04. The van der Waals surface area contributed by atoms with E-state index in [1.807, 2.05) is 13.8 Å². The van der Waals surface area contributed by atoms with Crippen molar-refractivity contribution >= 4 is 17.6 Å². The fourth-order valence-electron chi connectivity index (χ4n) is 1.00. The molecule has 0 fully saturated rings. The summed E-state index contributed by atoms with van der Waals surface area (Å²) >= 11 is 5.78. The molecule has 0 heterocycles. The minimum atomic E-state index is -0.925. The first-order valence-electron chi connectivity index (χ1n) is 4.42. The molecule has 3 nitrogen and oxygen atoms in total. The molecular weight excluding hydrogens is 192 g/mol. The Kier molecular flexibility index (Phi) is 6.08. The van der Waals surface area contributed by atoms with Crippen LogP contribution >= 0.6 is 11.6 Å². The van der Waals surface area contributed by atoms with Crippen LogP contribution in [0, 0.1) is 5.92 Å². The SMILES string of the molecule is CC(Cl)CC(C)COC(C)C(=O)O. The van der Waals surface area contributed by atoms with E-state index in [2.05, 4.69) is 0 Å². The van der Waals surface area contributed by atoms with Gasteiger partial charge in [-0.2, -0.15) is 0 Å². The number of rotatable bonds is 6. The van der Waals surface area contributed by atoms with Gasteiger partial charge in [-0.05, 0) is 26.2 Å². The molecule has 0 aromatic rings. The molecule has 1 N–H and O–H groups in total. The van der Waals surface area contributed by atoms with Crippen molar-refractivity contribution in [3.63, 3.8) is 0 Å². The molecule has 4 heteroatoms. The number of aliphatic carboxylic acids is 1.